The topological polar surface area (TPSA) is 53.4 Å². The standard InChI is InChI=1S/C15H17BrN2O3/c1-10-14(16)11(2)18(15(19)17-10)8-9-21-13-6-4-12(20-3)5-7-13/h4-7H,8-9H2,1-3H3. The van der Waals surface area contributed by atoms with Crippen molar-refractivity contribution in [3.8, 4) is 11.5 Å². The molecular weight excluding hydrogens is 336 g/mol. The highest BCUT2D eigenvalue weighted by Gasteiger charge is 2.09. The van der Waals surface area contributed by atoms with Crippen LogP contribution in [0, 0.1) is 13.8 Å². The summed E-state index contributed by atoms with van der Waals surface area (Å²) in [5.74, 6) is 1.52. The molecule has 0 radical (unpaired) electrons. The molecule has 0 aliphatic rings. The van der Waals surface area contributed by atoms with Gasteiger partial charge in [0.05, 0.1) is 23.8 Å². The molecule has 1 heterocycles. The average molecular weight is 353 g/mol. The molecule has 6 heteroatoms. The SMILES string of the molecule is COc1ccc(OCCn2c(C)c(Br)c(C)nc2=O)cc1. The molecule has 0 fully saturated rings. The average Bonchev–Trinajstić information content (AvgIpc) is 2.49. The zero-order chi connectivity index (χ0) is 15.4. The fourth-order valence-corrected chi connectivity index (χ4v) is 2.27. The van der Waals surface area contributed by atoms with Crippen LogP contribution in [-0.4, -0.2) is 23.3 Å². The van der Waals surface area contributed by atoms with Gasteiger partial charge in [0, 0.05) is 5.69 Å². The lowest BCUT2D eigenvalue weighted by atomic mass is 10.3. The number of ether oxygens (including phenoxy) is 2. The summed E-state index contributed by atoms with van der Waals surface area (Å²) in [4.78, 5) is 15.9. The van der Waals surface area contributed by atoms with E-state index in [0.717, 1.165) is 21.7 Å². The third-order valence-electron chi connectivity index (χ3n) is 3.18. The number of methoxy groups -OCH3 is 1. The third-order valence-corrected chi connectivity index (χ3v) is 4.33. The lowest BCUT2D eigenvalue weighted by molar-refractivity contribution is 0.293. The number of aryl methyl sites for hydroxylation is 1. The van der Waals surface area contributed by atoms with Crippen molar-refractivity contribution in [1.82, 2.24) is 9.55 Å². The summed E-state index contributed by atoms with van der Waals surface area (Å²) in [5, 5.41) is 0. The van der Waals surface area contributed by atoms with Crippen molar-refractivity contribution in [3.63, 3.8) is 0 Å². The largest absolute Gasteiger partial charge is 0.497 e. The molecule has 2 rings (SSSR count). The van der Waals surface area contributed by atoms with E-state index in [0.29, 0.717) is 18.8 Å². The smallest absolute Gasteiger partial charge is 0.348 e. The molecule has 0 unspecified atom stereocenters. The molecule has 1 aromatic carbocycles. The fraction of sp³-hybridized carbons (Fsp3) is 0.333. The van der Waals surface area contributed by atoms with E-state index in [4.69, 9.17) is 9.47 Å². The predicted octanol–water partition coefficient (Wildman–Crippen LogP) is 2.71. The summed E-state index contributed by atoms with van der Waals surface area (Å²) >= 11 is 3.44. The minimum absolute atomic E-state index is 0.258. The van der Waals surface area contributed by atoms with E-state index in [9.17, 15) is 4.79 Å². The Morgan fingerprint density at radius 2 is 1.81 bits per heavy atom. The Morgan fingerprint density at radius 3 is 2.43 bits per heavy atom. The van der Waals surface area contributed by atoms with Crippen LogP contribution >= 0.6 is 15.9 Å². The minimum atomic E-state index is -0.258. The van der Waals surface area contributed by atoms with Crippen molar-refractivity contribution in [2.24, 2.45) is 0 Å². The molecule has 0 bridgehead atoms. The first-order valence-corrected chi connectivity index (χ1v) is 7.32. The second kappa shape index (κ2) is 6.76. The summed E-state index contributed by atoms with van der Waals surface area (Å²) in [6, 6.07) is 7.32. The van der Waals surface area contributed by atoms with E-state index in [1.807, 2.05) is 31.2 Å². The van der Waals surface area contributed by atoms with Crippen LogP contribution < -0.4 is 15.2 Å². The van der Waals surface area contributed by atoms with Crippen LogP contribution in [0.4, 0.5) is 0 Å². The zero-order valence-electron chi connectivity index (χ0n) is 12.2. The molecule has 0 atom stereocenters. The van der Waals surface area contributed by atoms with Crippen LogP contribution in [0.15, 0.2) is 33.5 Å². The van der Waals surface area contributed by atoms with Gasteiger partial charge in [0.15, 0.2) is 0 Å². The van der Waals surface area contributed by atoms with Crippen molar-refractivity contribution in [1.29, 1.82) is 0 Å². The quantitative estimate of drug-likeness (QED) is 0.830. The number of benzene rings is 1. The summed E-state index contributed by atoms with van der Waals surface area (Å²) in [6.45, 7) is 4.52. The molecule has 21 heavy (non-hydrogen) atoms. The third kappa shape index (κ3) is 3.64. The number of aromatic nitrogens is 2. The van der Waals surface area contributed by atoms with E-state index in [1.54, 1.807) is 18.6 Å². The van der Waals surface area contributed by atoms with Gasteiger partial charge in [0.2, 0.25) is 0 Å². The molecule has 0 aliphatic carbocycles. The van der Waals surface area contributed by atoms with Gasteiger partial charge in [-0.1, -0.05) is 0 Å². The normalized spacial score (nSPS) is 10.5. The van der Waals surface area contributed by atoms with Crippen molar-refractivity contribution >= 4 is 15.9 Å². The first-order chi connectivity index (χ1) is 10.0. The van der Waals surface area contributed by atoms with Gasteiger partial charge in [-0.25, -0.2) is 4.79 Å². The second-order valence-corrected chi connectivity index (χ2v) is 5.35. The molecule has 0 spiro atoms. The van der Waals surface area contributed by atoms with Crippen molar-refractivity contribution in [3.05, 3.63) is 50.6 Å². The highest BCUT2D eigenvalue weighted by molar-refractivity contribution is 9.10. The number of hydrogen-bond donors (Lipinski definition) is 0. The Kier molecular flexibility index (Phi) is 5.01. The van der Waals surface area contributed by atoms with Gasteiger partial charge in [-0.05, 0) is 54.0 Å². The van der Waals surface area contributed by atoms with E-state index >= 15 is 0 Å². The van der Waals surface area contributed by atoms with Gasteiger partial charge in [-0.15, -0.1) is 0 Å². The molecule has 5 nitrogen and oxygen atoms in total. The Morgan fingerprint density at radius 1 is 1.19 bits per heavy atom. The van der Waals surface area contributed by atoms with Crippen molar-refractivity contribution in [2.45, 2.75) is 20.4 Å². The maximum atomic E-state index is 11.9. The number of hydrogen-bond acceptors (Lipinski definition) is 4. The number of nitrogens with zero attached hydrogens (tertiary/aromatic N) is 2. The molecule has 112 valence electrons. The first kappa shape index (κ1) is 15.6. The van der Waals surface area contributed by atoms with Gasteiger partial charge in [0.25, 0.3) is 0 Å². The second-order valence-electron chi connectivity index (χ2n) is 4.55. The maximum Gasteiger partial charge on any atom is 0.348 e. The van der Waals surface area contributed by atoms with Gasteiger partial charge in [-0.3, -0.25) is 4.57 Å². The molecular formula is C15H17BrN2O3. The monoisotopic (exact) mass is 352 g/mol. The van der Waals surface area contributed by atoms with Crippen LogP contribution in [0.1, 0.15) is 11.4 Å². The predicted molar refractivity (Wildman–Crippen MR) is 84.2 cm³/mol. The summed E-state index contributed by atoms with van der Waals surface area (Å²) in [6.07, 6.45) is 0. The van der Waals surface area contributed by atoms with E-state index < -0.39 is 0 Å². The molecule has 2 aromatic rings. The van der Waals surface area contributed by atoms with E-state index in [1.165, 1.54) is 0 Å². The Hall–Kier alpha value is -1.82. The summed E-state index contributed by atoms with van der Waals surface area (Å²) in [7, 11) is 1.62. The lowest BCUT2D eigenvalue weighted by Crippen LogP contribution is -2.28. The van der Waals surface area contributed by atoms with Crippen molar-refractivity contribution in [2.75, 3.05) is 13.7 Å². The van der Waals surface area contributed by atoms with Crippen LogP contribution in [0.25, 0.3) is 0 Å². The lowest BCUT2D eigenvalue weighted by Gasteiger charge is -2.13. The summed E-state index contributed by atoms with van der Waals surface area (Å²) in [5.41, 5.74) is 1.29. The molecule has 0 saturated carbocycles. The first-order valence-electron chi connectivity index (χ1n) is 6.53. The van der Waals surface area contributed by atoms with Crippen LogP contribution in [0.3, 0.4) is 0 Å². The van der Waals surface area contributed by atoms with Gasteiger partial charge < -0.3 is 9.47 Å². The minimum Gasteiger partial charge on any atom is -0.497 e. The van der Waals surface area contributed by atoms with E-state index in [2.05, 4.69) is 20.9 Å². The van der Waals surface area contributed by atoms with Crippen LogP contribution in [-0.2, 0) is 6.54 Å². The highest BCUT2D eigenvalue weighted by Crippen LogP contribution is 2.18. The van der Waals surface area contributed by atoms with Gasteiger partial charge >= 0.3 is 5.69 Å². The summed E-state index contributed by atoms with van der Waals surface area (Å²) < 4.78 is 13.2. The molecule has 0 aliphatic heterocycles. The molecule has 0 amide bonds. The Balaban J connectivity index is 2.03. The fourth-order valence-electron chi connectivity index (χ4n) is 1.97. The van der Waals surface area contributed by atoms with Gasteiger partial charge in [-0.2, -0.15) is 4.98 Å². The molecule has 1 aromatic heterocycles. The zero-order valence-corrected chi connectivity index (χ0v) is 13.8. The number of halogens is 1. The highest BCUT2D eigenvalue weighted by atomic mass is 79.9. The van der Waals surface area contributed by atoms with Crippen LogP contribution in [0.5, 0.6) is 11.5 Å². The van der Waals surface area contributed by atoms with Crippen LogP contribution in [0.2, 0.25) is 0 Å². The maximum absolute atomic E-state index is 11.9. The van der Waals surface area contributed by atoms with Gasteiger partial charge in [0.1, 0.15) is 18.1 Å². The molecule has 0 N–H and O–H groups in total. The Bertz CT molecular complexity index is 681. The Labute approximate surface area is 131 Å². The van der Waals surface area contributed by atoms with Crippen molar-refractivity contribution < 1.29 is 9.47 Å². The molecule has 0 saturated heterocycles. The van der Waals surface area contributed by atoms with E-state index in [-0.39, 0.29) is 5.69 Å². The number of rotatable bonds is 5.